The van der Waals surface area contributed by atoms with Gasteiger partial charge in [0.05, 0.1) is 5.71 Å². The average Bonchev–Trinajstić information content (AvgIpc) is 2.23. The van der Waals surface area contributed by atoms with Gasteiger partial charge in [0, 0.05) is 5.41 Å². The summed E-state index contributed by atoms with van der Waals surface area (Å²) in [6.45, 7) is 0. The molecule has 2 aliphatic carbocycles. The molecule has 0 amide bonds. The highest BCUT2D eigenvalue weighted by molar-refractivity contribution is 6.00. The van der Waals surface area contributed by atoms with Gasteiger partial charge < -0.3 is 5.21 Å². The summed E-state index contributed by atoms with van der Waals surface area (Å²) < 4.78 is 0. The van der Waals surface area contributed by atoms with Gasteiger partial charge in [0.25, 0.3) is 0 Å². The van der Waals surface area contributed by atoms with Crippen LogP contribution >= 0.6 is 0 Å². The molecular weight excluding hydrogens is 198 g/mol. The minimum atomic E-state index is 0.0776. The van der Waals surface area contributed by atoms with E-state index in [0.29, 0.717) is 5.92 Å². The van der Waals surface area contributed by atoms with Crippen LogP contribution in [0.25, 0.3) is 0 Å². The first-order valence-corrected chi connectivity index (χ1v) is 6.15. The van der Waals surface area contributed by atoms with Crippen LogP contribution in [0.3, 0.4) is 0 Å². The van der Waals surface area contributed by atoms with Crippen LogP contribution in [0.2, 0.25) is 0 Å². The summed E-state index contributed by atoms with van der Waals surface area (Å²) in [7, 11) is 0. The molecular formula is C14H17NO. The maximum absolute atomic E-state index is 9.14. The lowest BCUT2D eigenvalue weighted by molar-refractivity contribution is 0.175. The molecule has 0 aromatic heterocycles. The molecule has 1 atom stereocenters. The third-order valence-corrected chi connectivity index (χ3v) is 4.48. The molecule has 0 heterocycles. The first-order chi connectivity index (χ1) is 7.88. The van der Waals surface area contributed by atoms with Crippen molar-refractivity contribution in [1.82, 2.24) is 0 Å². The Labute approximate surface area is 96.0 Å². The van der Waals surface area contributed by atoms with E-state index in [1.807, 2.05) is 6.07 Å². The zero-order chi connectivity index (χ0) is 11.0. The van der Waals surface area contributed by atoms with Crippen LogP contribution < -0.4 is 0 Å². The Bertz CT molecular complexity index is 408. The number of benzene rings is 1. The van der Waals surface area contributed by atoms with Crippen LogP contribution in [0.1, 0.15) is 37.7 Å². The number of rotatable bonds is 2. The predicted molar refractivity (Wildman–Crippen MR) is 63.9 cm³/mol. The van der Waals surface area contributed by atoms with Gasteiger partial charge in [-0.05, 0) is 37.2 Å². The molecule has 0 bridgehead atoms. The van der Waals surface area contributed by atoms with Crippen molar-refractivity contribution in [3.63, 3.8) is 0 Å². The Balaban J connectivity index is 2.03. The topological polar surface area (TPSA) is 32.6 Å². The molecule has 1 unspecified atom stereocenters. The van der Waals surface area contributed by atoms with E-state index >= 15 is 0 Å². The third-order valence-electron chi connectivity index (χ3n) is 4.48. The van der Waals surface area contributed by atoms with Gasteiger partial charge in [0.15, 0.2) is 0 Å². The van der Waals surface area contributed by atoms with Gasteiger partial charge in [-0.3, -0.25) is 0 Å². The summed E-state index contributed by atoms with van der Waals surface area (Å²) in [5.74, 6) is 0.703. The second kappa shape index (κ2) is 3.62. The standard InChI is InChI=1S/C14H17NO/c16-15-13-9-10-14(13,12-7-4-8-12)11-5-2-1-3-6-11/h1-3,5-6,12,16H,4,7-10H2. The molecule has 0 saturated heterocycles. The smallest absolute Gasteiger partial charge is 0.0679 e. The van der Waals surface area contributed by atoms with Crippen molar-refractivity contribution in [3.8, 4) is 0 Å². The van der Waals surface area contributed by atoms with E-state index in [4.69, 9.17) is 5.21 Å². The summed E-state index contributed by atoms with van der Waals surface area (Å²) in [6.07, 6.45) is 6.02. The quantitative estimate of drug-likeness (QED) is 0.595. The van der Waals surface area contributed by atoms with E-state index in [0.717, 1.165) is 18.6 Å². The van der Waals surface area contributed by atoms with Crippen molar-refractivity contribution in [2.24, 2.45) is 11.1 Å². The van der Waals surface area contributed by atoms with Gasteiger partial charge in [0.1, 0.15) is 0 Å². The Kier molecular flexibility index (Phi) is 2.23. The minimum absolute atomic E-state index is 0.0776. The van der Waals surface area contributed by atoms with Crippen molar-refractivity contribution in [1.29, 1.82) is 0 Å². The highest BCUT2D eigenvalue weighted by Gasteiger charge is 2.52. The van der Waals surface area contributed by atoms with Gasteiger partial charge in [-0.2, -0.15) is 0 Å². The van der Waals surface area contributed by atoms with Crippen LogP contribution in [0.5, 0.6) is 0 Å². The lowest BCUT2D eigenvalue weighted by Gasteiger charge is -2.52. The number of nitrogens with zero attached hydrogens (tertiary/aromatic N) is 1. The zero-order valence-electron chi connectivity index (χ0n) is 9.39. The lowest BCUT2D eigenvalue weighted by atomic mass is 9.51. The second-order valence-electron chi connectivity index (χ2n) is 5.01. The molecule has 2 heteroatoms. The number of hydrogen-bond acceptors (Lipinski definition) is 2. The average molecular weight is 215 g/mol. The van der Waals surface area contributed by atoms with Gasteiger partial charge >= 0.3 is 0 Å². The minimum Gasteiger partial charge on any atom is -0.411 e. The van der Waals surface area contributed by atoms with E-state index in [9.17, 15) is 0 Å². The lowest BCUT2D eigenvalue weighted by Crippen LogP contribution is -2.53. The van der Waals surface area contributed by atoms with Crippen LogP contribution in [0.15, 0.2) is 35.5 Å². The monoisotopic (exact) mass is 215 g/mol. The fourth-order valence-electron chi connectivity index (χ4n) is 3.27. The Morgan fingerprint density at radius 2 is 1.94 bits per heavy atom. The van der Waals surface area contributed by atoms with Crippen molar-refractivity contribution in [2.45, 2.75) is 37.5 Å². The molecule has 84 valence electrons. The van der Waals surface area contributed by atoms with Gasteiger partial charge in [-0.15, -0.1) is 0 Å². The Morgan fingerprint density at radius 3 is 2.38 bits per heavy atom. The molecule has 2 saturated carbocycles. The molecule has 2 fully saturated rings. The summed E-state index contributed by atoms with van der Waals surface area (Å²) in [5, 5.41) is 12.7. The summed E-state index contributed by atoms with van der Waals surface area (Å²) >= 11 is 0. The normalized spacial score (nSPS) is 32.1. The fourth-order valence-corrected chi connectivity index (χ4v) is 3.27. The first-order valence-electron chi connectivity index (χ1n) is 6.15. The second-order valence-corrected chi connectivity index (χ2v) is 5.01. The molecule has 0 aliphatic heterocycles. The molecule has 2 aliphatic rings. The Hall–Kier alpha value is -1.31. The molecule has 0 spiro atoms. The van der Waals surface area contributed by atoms with Crippen molar-refractivity contribution in [2.75, 3.05) is 0 Å². The zero-order valence-corrected chi connectivity index (χ0v) is 9.39. The molecule has 0 radical (unpaired) electrons. The van der Waals surface area contributed by atoms with Gasteiger partial charge in [0.2, 0.25) is 0 Å². The number of oxime groups is 1. The molecule has 1 N–H and O–H groups in total. The molecule has 16 heavy (non-hydrogen) atoms. The van der Waals surface area contributed by atoms with Crippen molar-refractivity contribution >= 4 is 5.71 Å². The SMILES string of the molecule is ON=C1CCC1(c1ccccc1)C1CCC1. The van der Waals surface area contributed by atoms with Crippen LogP contribution in [-0.2, 0) is 5.41 Å². The summed E-state index contributed by atoms with van der Waals surface area (Å²) in [6, 6.07) is 10.6. The third kappa shape index (κ3) is 1.16. The van der Waals surface area contributed by atoms with Crippen LogP contribution in [0, 0.1) is 5.92 Å². The largest absolute Gasteiger partial charge is 0.411 e. The molecule has 2 nitrogen and oxygen atoms in total. The van der Waals surface area contributed by atoms with E-state index in [-0.39, 0.29) is 5.41 Å². The molecule has 1 aromatic rings. The molecule has 1 aromatic carbocycles. The Morgan fingerprint density at radius 1 is 1.19 bits per heavy atom. The van der Waals surface area contributed by atoms with Crippen LogP contribution in [0.4, 0.5) is 0 Å². The fraction of sp³-hybridized carbons (Fsp3) is 0.500. The maximum atomic E-state index is 9.14. The van der Waals surface area contributed by atoms with E-state index in [2.05, 4.69) is 29.4 Å². The summed E-state index contributed by atoms with van der Waals surface area (Å²) in [4.78, 5) is 0. The van der Waals surface area contributed by atoms with E-state index in [1.165, 1.54) is 24.8 Å². The van der Waals surface area contributed by atoms with Crippen molar-refractivity contribution in [3.05, 3.63) is 35.9 Å². The van der Waals surface area contributed by atoms with Gasteiger partial charge in [-0.1, -0.05) is 41.9 Å². The van der Waals surface area contributed by atoms with Crippen LogP contribution in [-0.4, -0.2) is 10.9 Å². The van der Waals surface area contributed by atoms with Crippen molar-refractivity contribution < 1.29 is 5.21 Å². The van der Waals surface area contributed by atoms with Gasteiger partial charge in [-0.25, -0.2) is 0 Å². The predicted octanol–water partition coefficient (Wildman–Crippen LogP) is 3.35. The summed E-state index contributed by atoms with van der Waals surface area (Å²) in [5.41, 5.74) is 2.43. The van der Waals surface area contributed by atoms with E-state index in [1.54, 1.807) is 0 Å². The molecule has 3 rings (SSSR count). The maximum Gasteiger partial charge on any atom is 0.0679 e. The number of hydrogen-bond donors (Lipinski definition) is 1. The first kappa shape index (κ1) is 9.88. The van der Waals surface area contributed by atoms with E-state index < -0.39 is 0 Å². The highest BCUT2D eigenvalue weighted by Crippen LogP contribution is 2.53. The highest BCUT2D eigenvalue weighted by atomic mass is 16.4.